The summed E-state index contributed by atoms with van der Waals surface area (Å²) in [5.74, 6) is 0.956. The zero-order valence-corrected chi connectivity index (χ0v) is 13.9. The molecule has 0 bridgehead atoms. The van der Waals surface area contributed by atoms with Crippen LogP contribution in [0.4, 0.5) is 5.13 Å². The van der Waals surface area contributed by atoms with Crippen LogP contribution >= 0.6 is 11.3 Å². The number of nitrogens with zero attached hydrogens (tertiary/aromatic N) is 2. The lowest BCUT2D eigenvalue weighted by Gasteiger charge is -2.21. The van der Waals surface area contributed by atoms with Crippen LogP contribution in [-0.2, 0) is 13.0 Å². The number of thiazole rings is 1. The van der Waals surface area contributed by atoms with E-state index in [1.807, 2.05) is 11.3 Å². The first-order valence-corrected chi connectivity index (χ1v) is 9.63. The van der Waals surface area contributed by atoms with Crippen molar-refractivity contribution in [3.05, 3.63) is 10.6 Å². The second-order valence-corrected chi connectivity index (χ2v) is 8.16. The molecule has 3 saturated carbocycles. The zero-order valence-electron chi connectivity index (χ0n) is 13.1. The Morgan fingerprint density at radius 1 is 1.19 bits per heavy atom. The standard InChI is InChI=1S/C17H27N3S/c1-2-3-15-16(10-18-13-6-7-13)21-17(19-15)20(14-8-9-14)11-12-4-5-12/h12-14,18H,2-11H2,1H3. The van der Waals surface area contributed by atoms with Crippen molar-refractivity contribution in [2.45, 2.75) is 76.9 Å². The number of anilines is 1. The molecule has 0 amide bonds. The minimum Gasteiger partial charge on any atom is -0.345 e. The quantitative estimate of drug-likeness (QED) is 0.753. The number of aryl methyl sites for hydroxylation is 1. The second kappa shape index (κ2) is 5.88. The van der Waals surface area contributed by atoms with E-state index in [1.54, 1.807) is 0 Å². The maximum absolute atomic E-state index is 5.05. The lowest BCUT2D eigenvalue weighted by molar-refractivity contribution is 0.685. The maximum Gasteiger partial charge on any atom is 0.186 e. The summed E-state index contributed by atoms with van der Waals surface area (Å²) < 4.78 is 0. The highest BCUT2D eigenvalue weighted by atomic mass is 32.1. The summed E-state index contributed by atoms with van der Waals surface area (Å²) in [7, 11) is 0. The molecule has 0 radical (unpaired) electrons. The van der Waals surface area contributed by atoms with Gasteiger partial charge in [-0.3, -0.25) is 0 Å². The molecule has 0 unspecified atom stereocenters. The number of rotatable bonds is 9. The summed E-state index contributed by atoms with van der Waals surface area (Å²) in [4.78, 5) is 9.19. The number of nitrogens with one attached hydrogen (secondary N) is 1. The predicted octanol–water partition coefficient (Wildman–Crippen LogP) is 3.73. The lowest BCUT2D eigenvalue weighted by atomic mass is 10.2. The van der Waals surface area contributed by atoms with E-state index in [-0.39, 0.29) is 0 Å². The van der Waals surface area contributed by atoms with Gasteiger partial charge in [0.15, 0.2) is 5.13 Å². The average Bonchev–Trinajstić information content (AvgIpc) is 3.34. The molecule has 3 fully saturated rings. The molecule has 3 nitrogen and oxygen atoms in total. The predicted molar refractivity (Wildman–Crippen MR) is 89.1 cm³/mol. The molecule has 4 heteroatoms. The monoisotopic (exact) mass is 305 g/mol. The van der Waals surface area contributed by atoms with Gasteiger partial charge in [-0.05, 0) is 50.9 Å². The van der Waals surface area contributed by atoms with Gasteiger partial charge in [-0.2, -0.15) is 0 Å². The van der Waals surface area contributed by atoms with Gasteiger partial charge in [0.05, 0.1) is 5.69 Å². The first kappa shape index (κ1) is 14.0. The van der Waals surface area contributed by atoms with E-state index in [1.165, 1.54) is 67.2 Å². The smallest absolute Gasteiger partial charge is 0.186 e. The Balaban J connectivity index is 1.49. The second-order valence-electron chi connectivity index (χ2n) is 7.10. The highest BCUT2D eigenvalue weighted by Crippen LogP contribution is 2.40. The Labute approximate surface area is 132 Å². The fraction of sp³-hybridized carbons (Fsp3) is 0.824. The van der Waals surface area contributed by atoms with Crippen LogP contribution < -0.4 is 10.2 Å². The summed E-state index contributed by atoms with van der Waals surface area (Å²) in [6.45, 7) is 4.57. The van der Waals surface area contributed by atoms with Crippen molar-refractivity contribution in [2.24, 2.45) is 5.92 Å². The fourth-order valence-electron chi connectivity index (χ4n) is 2.94. The average molecular weight is 305 g/mol. The first-order valence-electron chi connectivity index (χ1n) is 8.82. The van der Waals surface area contributed by atoms with E-state index in [0.29, 0.717) is 0 Å². The van der Waals surface area contributed by atoms with Gasteiger partial charge < -0.3 is 10.2 Å². The number of hydrogen-bond donors (Lipinski definition) is 1. The molecule has 21 heavy (non-hydrogen) atoms. The summed E-state index contributed by atoms with van der Waals surface area (Å²) in [6, 6.07) is 1.59. The Morgan fingerprint density at radius 2 is 2.00 bits per heavy atom. The topological polar surface area (TPSA) is 28.2 Å². The van der Waals surface area contributed by atoms with Gasteiger partial charge in [0.2, 0.25) is 0 Å². The van der Waals surface area contributed by atoms with E-state index in [2.05, 4.69) is 17.1 Å². The van der Waals surface area contributed by atoms with Crippen molar-refractivity contribution < 1.29 is 0 Å². The van der Waals surface area contributed by atoms with Gasteiger partial charge in [-0.15, -0.1) is 11.3 Å². The molecular formula is C17H27N3S. The largest absolute Gasteiger partial charge is 0.345 e. The molecule has 1 heterocycles. The van der Waals surface area contributed by atoms with E-state index in [0.717, 1.165) is 31.0 Å². The van der Waals surface area contributed by atoms with E-state index in [4.69, 9.17) is 4.98 Å². The van der Waals surface area contributed by atoms with E-state index < -0.39 is 0 Å². The van der Waals surface area contributed by atoms with Crippen LogP contribution in [0.1, 0.15) is 62.4 Å². The van der Waals surface area contributed by atoms with Gasteiger partial charge in [0.25, 0.3) is 0 Å². The van der Waals surface area contributed by atoms with Crippen LogP contribution in [0.3, 0.4) is 0 Å². The van der Waals surface area contributed by atoms with Crippen LogP contribution in [-0.4, -0.2) is 23.6 Å². The third kappa shape index (κ3) is 3.59. The first-order chi connectivity index (χ1) is 10.3. The molecule has 0 spiro atoms. The van der Waals surface area contributed by atoms with Crippen molar-refractivity contribution in [3.63, 3.8) is 0 Å². The molecule has 0 aromatic carbocycles. The van der Waals surface area contributed by atoms with Crippen LogP contribution in [0.15, 0.2) is 0 Å². The Morgan fingerprint density at radius 3 is 2.62 bits per heavy atom. The highest BCUT2D eigenvalue weighted by Gasteiger charge is 2.35. The van der Waals surface area contributed by atoms with Gasteiger partial charge >= 0.3 is 0 Å². The van der Waals surface area contributed by atoms with Gasteiger partial charge in [-0.25, -0.2) is 4.98 Å². The number of hydrogen-bond acceptors (Lipinski definition) is 4. The normalized spacial score (nSPS) is 21.8. The molecule has 1 N–H and O–H groups in total. The third-order valence-corrected chi connectivity index (χ3v) is 5.90. The van der Waals surface area contributed by atoms with Crippen LogP contribution in [0.25, 0.3) is 0 Å². The molecule has 0 saturated heterocycles. The van der Waals surface area contributed by atoms with Crippen molar-refractivity contribution in [3.8, 4) is 0 Å². The van der Waals surface area contributed by atoms with Crippen molar-refractivity contribution in [2.75, 3.05) is 11.4 Å². The number of aromatic nitrogens is 1. The molecule has 3 aliphatic rings. The van der Waals surface area contributed by atoms with Crippen molar-refractivity contribution in [1.29, 1.82) is 0 Å². The molecule has 0 aliphatic heterocycles. The Kier molecular flexibility index (Phi) is 3.92. The van der Waals surface area contributed by atoms with Gasteiger partial charge in [0.1, 0.15) is 0 Å². The van der Waals surface area contributed by atoms with E-state index >= 15 is 0 Å². The summed E-state index contributed by atoms with van der Waals surface area (Å²) in [5, 5.41) is 4.99. The molecular weight excluding hydrogens is 278 g/mol. The van der Waals surface area contributed by atoms with Gasteiger partial charge in [0, 0.05) is 30.1 Å². The lowest BCUT2D eigenvalue weighted by Crippen LogP contribution is -2.27. The van der Waals surface area contributed by atoms with Crippen molar-refractivity contribution in [1.82, 2.24) is 10.3 Å². The summed E-state index contributed by atoms with van der Waals surface area (Å²) in [6.07, 6.45) is 10.7. The minimum atomic E-state index is 0.788. The highest BCUT2D eigenvalue weighted by molar-refractivity contribution is 7.15. The summed E-state index contributed by atoms with van der Waals surface area (Å²) >= 11 is 1.97. The van der Waals surface area contributed by atoms with Crippen LogP contribution in [0.2, 0.25) is 0 Å². The van der Waals surface area contributed by atoms with Crippen molar-refractivity contribution >= 4 is 16.5 Å². The third-order valence-electron chi connectivity index (χ3n) is 4.77. The zero-order chi connectivity index (χ0) is 14.2. The van der Waals surface area contributed by atoms with Gasteiger partial charge in [-0.1, -0.05) is 13.3 Å². The molecule has 0 atom stereocenters. The minimum absolute atomic E-state index is 0.788. The summed E-state index contributed by atoms with van der Waals surface area (Å²) in [5.41, 5.74) is 1.37. The molecule has 1 aromatic heterocycles. The SMILES string of the molecule is CCCc1nc(N(CC2CC2)C2CC2)sc1CNC1CC1. The van der Waals surface area contributed by atoms with E-state index in [9.17, 15) is 0 Å². The Hall–Kier alpha value is -0.610. The van der Waals surface area contributed by atoms with Crippen LogP contribution in [0.5, 0.6) is 0 Å². The van der Waals surface area contributed by atoms with Crippen LogP contribution in [0, 0.1) is 5.92 Å². The maximum atomic E-state index is 5.05. The molecule has 1 aromatic rings. The fourth-order valence-corrected chi connectivity index (χ4v) is 4.07. The molecule has 4 rings (SSSR count). The molecule has 3 aliphatic carbocycles. The Bertz CT molecular complexity index is 486. The molecule has 116 valence electrons.